The molecule has 0 unspecified atom stereocenters. The average Bonchev–Trinajstić information content (AvgIpc) is 1.91. The van der Waals surface area contributed by atoms with Crippen molar-refractivity contribution in [3.63, 3.8) is 0 Å². The summed E-state index contributed by atoms with van der Waals surface area (Å²) in [4.78, 5) is 0. The van der Waals surface area contributed by atoms with Gasteiger partial charge in [0.2, 0.25) is 0 Å². The van der Waals surface area contributed by atoms with Crippen molar-refractivity contribution in [2.45, 2.75) is 6.92 Å². The fourth-order valence-electron chi connectivity index (χ4n) is 0.415. The van der Waals surface area contributed by atoms with E-state index in [1.165, 1.54) is 0 Å². The molecular weight excluding hydrogens is 121 g/mol. The Hall–Kier alpha value is -0.410. The van der Waals surface area contributed by atoms with Gasteiger partial charge in [0.15, 0.2) is 0 Å². The Morgan fingerprint density at radius 3 is 2.78 bits per heavy atom. The minimum atomic E-state index is -0.205. The standard InChI is InChI=1S/C6H12FNO/c1-2-8-4-6(3-7)5-9/h3,8-9H,2,4-5H2,1H3/b6-3+. The highest BCUT2D eigenvalue weighted by Gasteiger charge is 1.91. The van der Waals surface area contributed by atoms with E-state index >= 15 is 0 Å². The number of nitrogens with one attached hydrogen (secondary N) is 1. The lowest BCUT2D eigenvalue weighted by atomic mass is 10.3. The normalized spacial score (nSPS) is 12.1. The van der Waals surface area contributed by atoms with Crippen LogP contribution in [0, 0.1) is 0 Å². The second-order valence-electron chi connectivity index (χ2n) is 1.71. The van der Waals surface area contributed by atoms with Gasteiger partial charge in [0.1, 0.15) is 0 Å². The fraction of sp³-hybridized carbons (Fsp3) is 0.667. The van der Waals surface area contributed by atoms with E-state index < -0.39 is 0 Å². The maximum atomic E-state index is 11.6. The second kappa shape index (κ2) is 5.72. The molecule has 3 heteroatoms. The van der Waals surface area contributed by atoms with Crippen LogP contribution in [0.15, 0.2) is 11.9 Å². The SMILES string of the molecule is CCNC/C(=C\F)CO. The van der Waals surface area contributed by atoms with Crippen LogP contribution in [0.5, 0.6) is 0 Å². The Labute approximate surface area is 54.4 Å². The molecule has 0 saturated heterocycles. The van der Waals surface area contributed by atoms with Gasteiger partial charge < -0.3 is 10.4 Å². The molecule has 9 heavy (non-hydrogen) atoms. The molecule has 0 aromatic carbocycles. The van der Waals surface area contributed by atoms with Crippen LogP contribution in [0.4, 0.5) is 4.39 Å². The molecular formula is C6H12FNO. The first-order chi connectivity index (χ1) is 4.35. The molecule has 0 heterocycles. The minimum absolute atomic E-state index is 0.205. The third-order valence-corrected chi connectivity index (χ3v) is 0.959. The Morgan fingerprint density at radius 1 is 1.78 bits per heavy atom. The van der Waals surface area contributed by atoms with Crippen LogP contribution in [0.2, 0.25) is 0 Å². The summed E-state index contributed by atoms with van der Waals surface area (Å²) in [7, 11) is 0. The maximum Gasteiger partial charge on any atom is 0.0894 e. The van der Waals surface area contributed by atoms with Crippen LogP contribution in [-0.4, -0.2) is 24.8 Å². The van der Waals surface area contributed by atoms with Gasteiger partial charge in [-0.05, 0) is 12.1 Å². The molecule has 0 atom stereocenters. The van der Waals surface area contributed by atoms with E-state index in [9.17, 15) is 4.39 Å². The van der Waals surface area contributed by atoms with Gasteiger partial charge in [0, 0.05) is 6.54 Å². The van der Waals surface area contributed by atoms with E-state index in [0.29, 0.717) is 18.4 Å². The first-order valence-corrected chi connectivity index (χ1v) is 2.94. The highest BCUT2D eigenvalue weighted by atomic mass is 19.1. The molecule has 0 saturated carbocycles. The van der Waals surface area contributed by atoms with Crippen LogP contribution in [0.1, 0.15) is 6.92 Å². The van der Waals surface area contributed by atoms with Crippen LogP contribution < -0.4 is 5.32 Å². The third-order valence-electron chi connectivity index (χ3n) is 0.959. The number of rotatable bonds is 4. The summed E-state index contributed by atoms with van der Waals surface area (Å²) in [6.07, 6.45) is 0.433. The van der Waals surface area contributed by atoms with E-state index in [-0.39, 0.29) is 6.61 Å². The average molecular weight is 133 g/mol. The predicted molar refractivity (Wildman–Crippen MR) is 34.8 cm³/mol. The summed E-state index contributed by atoms with van der Waals surface area (Å²) < 4.78 is 11.6. The smallest absolute Gasteiger partial charge is 0.0894 e. The number of likely N-dealkylation sites (N-methyl/N-ethyl adjacent to an activating group) is 1. The molecule has 0 amide bonds. The molecule has 0 aromatic rings. The minimum Gasteiger partial charge on any atom is -0.392 e. The lowest BCUT2D eigenvalue weighted by Gasteiger charge is -2.00. The maximum absolute atomic E-state index is 11.6. The van der Waals surface area contributed by atoms with Crippen LogP contribution >= 0.6 is 0 Å². The van der Waals surface area contributed by atoms with Crippen molar-refractivity contribution in [1.29, 1.82) is 0 Å². The zero-order chi connectivity index (χ0) is 7.11. The topological polar surface area (TPSA) is 32.3 Å². The molecule has 0 aliphatic heterocycles. The lowest BCUT2D eigenvalue weighted by Crippen LogP contribution is -2.17. The number of aliphatic hydroxyl groups excluding tert-OH is 1. The van der Waals surface area contributed by atoms with Crippen molar-refractivity contribution in [2.75, 3.05) is 19.7 Å². The zero-order valence-electron chi connectivity index (χ0n) is 5.52. The third kappa shape index (κ3) is 4.12. The summed E-state index contributed by atoms with van der Waals surface area (Å²) >= 11 is 0. The largest absolute Gasteiger partial charge is 0.392 e. The molecule has 2 nitrogen and oxygen atoms in total. The van der Waals surface area contributed by atoms with Crippen LogP contribution in [-0.2, 0) is 0 Å². The van der Waals surface area contributed by atoms with Gasteiger partial charge in [-0.1, -0.05) is 6.92 Å². The fourth-order valence-corrected chi connectivity index (χ4v) is 0.415. The van der Waals surface area contributed by atoms with Crippen LogP contribution in [0.25, 0.3) is 0 Å². The van der Waals surface area contributed by atoms with E-state index in [2.05, 4.69) is 5.32 Å². The first-order valence-electron chi connectivity index (χ1n) is 2.94. The van der Waals surface area contributed by atoms with Crippen molar-refractivity contribution in [1.82, 2.24) is 5.32 Å². The molecule has 54 valence electrons. The van der Waals surface area contributed by atoms with Gasteiger partial charge in [-0.3, -0.25) is 0 Å². The number of aliphatic hydroxyl groups is 1. The van der Waals surface area contributed by atoms with Gasteiger partial charge in [0.25, 0.3) is 0 Å². The van der Waals surface area contributed by atoms with E-state index in [0.717, 1.165) is 6.54 Å². The van der Waals surface area contributed by atoms with Crippen LogP contribution in [0.3, 0.4) is 0 Å². The predicted octanol–water partition coefficient (Wildman–Crippen LogP) is 0.442. The van der Waals surface area contributed by atoms with Gasteiger partial charge in [-0.15, -0.1) is 0 Å². The molecule has 2 N–H and O–H groups in total. The lowest BCUT2D eigenvalue weighted by molar-refractivity contribution is 0.324. The Morgan fingerprint density at radius 2 is 2.44 bits per heavy atom. The van der Waals surface area contributed by atoms with Gasteiger partial charge in [-0.25, -0.2) is 4.39 Å². The Balaban J connectivity index is 3.33. The van der Waals surface area contributed by atoms with Gasteiger partial charge in [0.05, 0.1) is 12.9 Å². The van der Waals surface area contributed by atoms with Crippen molar-refractivity contribution in [3.05, 3.63) is 11.9 Å². The molecule has 0 fully saturated rings. The Bertz CT molecular complexity index is 93.1. The number of hydrogen-bond acceptors (Lipinski definition) is 2. The van der Waals surface area contributed by atoms with Crippen molar-refractivity contribution in [3.8, 4) is 0 Å². The summed E-state index contributed by atoms with van der Waals surface area (Å²) in [5.74, 6) is 0. The molecule has 0 spiro atoms. The van der Waals surface area contributed by atoms with E-state index in [1.54, 1.807) is 0 Å². The monoisotopic (exact) mass is 133 g/mol. The highest BCUT2D eigenvalue weighted by Crippen LogP contribution is 1.89. The first kappa shape index (κ1) is 8.59. The zero-order valence-corrected chi connectivity index (χ0v) is 5.52. The summed E-state index contributed by atoms with van der Waals surface area (Å²) in [6.45, 7) is 2.94. The number of halogens is 1. The van der Waals surface area contributed by atoms with Crippen molar-refractivity contribution >= 4 is 0 Å². The molecule has 0 aromatic heterocycles. The summed E-state index contributed by atoms with van der Waals surface area (Å²) in [6, 6.07) is 0. The molecule has 0 aliphatic carbocycles. The van der Waals surface area contributed by atoms with E-state index in [1.807, 2.05) is 6.92 Å². The van der Waals surface area contributed by atoms with Crippen molar-refractivity contribution < 1.29 is 9.50 Å². The molecule has 0 bridgehead atoms. The quantitative estimate of drug-likeness (QED) is 0.583. The van der Waals surface area contributed by atoms with Crippen molar-refractivity contribution in [2.24, 2.45) is 0 Å². The molecule has 0 radical (unpaired) electrons. The number of hydrogen-bond donors (Lipinski definition) is 2. The summed E-state index contributed by atoms with van der Waals surface area (Å²) in [5, 5.41) is 11.3. The van der Waals surface area contributed by atoms with Gasteiger partial charge in [-0.2, -0.15) is 0 Å². The summed E-state index contributed by atoms with van der Waals surface area (Å²) in [5.41, 5.74) is 0.386. The van der Waals surface area contributed by atoms with Gasteiger partial charge >= 0.3 is 0 Å². The van der Waals surface area contributed by atoms with E-state index in [4.69, 9.17) is 5.11 Å². The second-order valence-corrected chi connectivity index (χ2v) is 1.71. The molecule has 0 aliphatic rings. The highest BCUT2D eigenvalue weighted by molar-refractivity contribution is 4.99. The Kier molecular flexibility index (Phi) is 5.46. The molecule has 0 rings (SSSR count).